The Morgan fingerprint density at radius 3 is 2.68 bits per heavy atom. The molecule has 1 saturated carbocycles. The van der Waals surface area contributed by atoms with Gasteiger partial charge in [0.25, 0.3) is 5.69 Å². The zero-order valence-electron chi connectivity index (χ0n) is 11.8. The highest BCUT2D eigenvalue weighted by Gasteiger charge is 2.50. The molecule has 0 aromatic heterocycles. The molecular formula is C15H22N2O2. The maximum atomic E-state index is 11.1. The minimum Gasteiger partial charge on any atom is -0.313 e. The zero-order valence-corrected chi connectivity index (χ0v) is 11.8. The summed E-state index contributed by atoms with van der Waals surface area (Å²) in [5.74, 6) is 0.267. The molecule has 2 atom stereocenters. The second-order valence-electron chi connectivity index (χ2n) is 5.93. The lowest BCUT2D eigenvalue weighted by atomic mass is 9.56. The molecule has 1 aromatic carbocycles. The second kappa shape index (κ2) is 5.29. The fraction of sp³-hybridized carbons (Fsp3) is 0.600. The minimum atomic E-state index is -0.266. The molecule has 104 valence electrons. The number of rotatable bonds is 5. The fourth-order valence-corrected chi connectivity index (χ4v) is 3.07. The molecule has 0 saturated heterocycles. The Bertz CT molecular complexity index is 471. The van der Waals surface area contributed by atoms with Gasteiger partial charge in [0.05, 0.1) is 4.92 Å². The molecule has 0 amide bonds. The Morgan fingerprint density at radius 1 is 1.42 bits per heavy atom. The smallest absolute Gasteiger partial charge is 0.272 e. The molecule has 19 heavy (non-hydrogen) atoms. The zero-order chi connectivity index (χ0) is 14.0. The predicted molar refractivity (Wildman–Crippen MR) is 76.3 cm³/mol. The quantitative estimate of drug-likeness (QED) is 0.653. The Hall–Kier alpha value is -1.42. The summed E-state index contributed by atoms with van der Waals surface area (Å²) in [7, 11) is 0. The van der Waals surface area contributed by atoms with E-state index in [0.29, 0.717) is 6.04 Å². The summed E-state index contributed by atoms with van der Waals surface area (Å²) in [6.07, 6.45) is 2.10. The van der Waals surface area contributed by atoms with Crippen molar-refractivity contribution < 1.29 is 4.92 Å². The van der Waals surface area contributed by atoms with Crippen molar-refractivity contribution in [3.8, 4) is 0 Å². The van der Waals surface area contributed by atoms with Gasteiger partial charge in [-0.1, -0.05) is 39.0 Å². The summed E-state index contributed by atoms with van der Waals surface area (Å²) in [6, 6.07) is 7.60. The van der Waals surface area contributed by atoms with E-state index in [2.05, 4.69) is 26.1 Å². The van der Waals surface area contributed by atoms with Crippen LogP contribution in [0.2, 0.25) is 0 Å². The van der Waals surface area contributed by atoms with Crippen LogP contribution in [0.4, 0.5) is 5.69 Å². The normalized spacial score (nSPS) is 24.8. The summed E-state index contributed by atoms with van der Waals surface area (Å²) in [4.78, 5) is 10.9. The summed E-state index contributed by atoms with van der Waals surface area (Å²) in [6.45, 7) is 7.56. The van der Waals surface area contributed by atoms with Crippen LogP contribution in [-0.4, -0.2) is 17.5 Å². The van der Waals surface area contributed by atoms with Crippen molar-refractivity contribution in [2.24, 2.45) is 5.41 Å². The van der Waals surface area contributed by atoms with Gasteiger partial charge in [-0.05, 0) is 30.7 Å². The predicted octanol–water partition coefficient (Wildman–Crippen LogP) is 3.48. The van der Waals surface area contributed by atoms with Crippen LogP contribution in [-0.2, 0) is 0 Å². The maximum absolute atomic E-state index is 11.1. The third-order valence-corrected chi connectivity index (χ3v) is 4.42. The molecule has 0 radical (unpaired) electrons. The molecule has 0 bridgehead atoms. The molecular weight excluding hydrogens is 240 g/mol. The van der Waals surface area contributed by atoms with Crippen LogP contribution < -0.4 is 5.32 Å². The second-order valence-corrected chi connectivity index (χ2v) is 5.93. The van der Waals surface area contributed by atoms with Crippen molar-refractivity contribution in [2.75, 3.05) is 6.54 Å². The third kappa shape index (κ3) is 2.50. The summed E-state index contributed by atoms with van der Waals surface area (Å²) in [5.41, 5.74) is 1.21. The van der Waals surface area contributed by atoms with E-state index in [1.165, 1.54) is 0 Å². The van der Waals surface area contributed by atoms with Crippen molar-refractivity contribution in [1.29, 1.82) is 0 Å². The van der Waals surface area contributed by atoms with Crippen LogP contribution in [0, 0.1) is 15.5 Å². The standard InChI is InChI=1S/C15H22N2O2/c1-4-9-16-14-10-12(15(14,2)3)11-7-5-6-8-13(11)17(18)19/h5-8,12,14,16H,4,9-10H2,1-3H3. The first-order valence-electron chi connectivity index (χ1n) is 6.95. The monoisotopic (exact) mass is 262 g/mol. The van der Waals surface area contributed by atoms with Crippen molar-refractivity contribution in [1.82, 2.24) is 5.32 Å². The molecule has 0 heterocycles. The lowest BCUT2D eigenvalue weighted by Crippen LogP contribution is -2.55. The number of hydrogen-bond acceptors (Lipinski definition) is 3. The lowest BCUT2D eigenvalue weighted by molar-refractivity contribution is -0.386. The van der Waals surface area contributed by atoms with Crippen LogP contribution in [0.3, 0.4) is 0 Å². The van der Waals surface area contributed by atoms with E-state index in [0.717, 1.165) is 24.9 Å². The Kier molecular flexibility index (Phi) is 3.90. The van der Waals surface area contributed by atoms with Crippen molar-refractivity contribution in [3.05, 3.63) is 39.9 Å². The van der Waals surface area contributed by atoms with Crippen LogP contribution in [0.1, 0.15) is 45.1 Å². The van der Waals surface area contributed by atoms with Crippen LogP contribution in [0.15, 0.2) is 24.3 Å². The van der Waals surface area contributed by atoms with Crippen LogP contribution >= 0.6 is 0 Å². The van der Waals surface area contributed by atoms with Crippen molar-refractivity contribution in [3.63, 3.8) is 0 Å². The van der Waals surface area contributed by atoms with E-state index in [4.69, 9.17) is 0 Å². The van der Waals surface area contributed by atoms with Crippen LogP contribution in [0.5, 0.6) is 0 Å². The fourth-order valence-electron chi connectivity index (χ4n) is 3.07. The number of nitro groups is 1. The molecule has 2 rings (SSSR count). The van der Waals surface area contributed by atoms with E-state index < -0.39 is 0 Å². The van der Waals surface area contributed by atoms with Gasteiger partial charge >= 0.3 is 0 Å². The Morgan fingerprint density at radius 2 is 2.11 bits per heavy atom. The van der Waals surface area contributed by atoms with E-state index in [-0.39, 0.29) is 21.9 Å². The van der Waals surface area contributed by atoms with Gasteiger partial charge in [-0.3, -0.25) is 10.1 Å². The van der Waals surface area contributed by atoms with Gasteiger partial charge in [0.1, 0.15) is 0 Å². The molecule has 4 heteroatoms. The van der Waals surface area contributed by atoms with Crippen molar-refractivity contribution in [2.45, 2.75) is 45.6 Å². The Labute approximate surface area is 114 Å². The first-order chi connectivity index (χ1) is 8.98. The summed E-state index contributed by atoms with van der Waals surface area (Å²) >= 11 is 0. The lowest BCUT2D eigenvalue weighted by Gasteiger charge is -2.52. The van der Waals surface area contributed by atoms with Crippen LogP contribution in [0.25, 0.3) is 0 Å². The van der Waals surface area contributed by atoms with E-state index >= 15 is 0 Å². The molecule has 1 aliphatic carbocycles. The SMILES string of the molecule is CCCNC1CC(c2ccccc2[N+](=O)[O-])C1(C)C. The average Bonchev–Trinajstić information content (AvgIpc) is 2.38. The largest absolute Gasteiger partial charge is 0.313 e. The molecule has 4 nitrogen and oxygen atoms in total. The molecule has 1 fully saturated rings. The third-order valence-electron chi connectivity index (χ3n) is 4.42. The first-order valence-corrected chi connectivity index (χ1v) is 6.95. The highest BCUT2D eigenvalue weighted by Crippen LogP contribution is 2.54. The highest BCUT2D eigenvalue weighted by molar-refractivity contribution is 5.45. The van der Waals surface area contributed by atoms with Gasteiger partial charge in [0.15, 0.2) is 0 Å². The summed E-state index contributed by atoms with van der Waals surface area (Å²) < 4.78 is 0. The highest BCUT2D eigenvalue weighted by atomic mass is 16.6. The molecule has 0 aliphatic heterocycles. The van der Waals surface area contributed by atoms with Gasteiger partial charge < -0.3 is 5.32 Å². The van der Waals surface area contributed by atoms with Gasteiger partial charge in [-0.25, -0.2) is 0 Å². The minimum absolute atomic E-state index is 0.0707. The molecule has 1 N–H and O–H groups in total. The molecule has 0 spiro atoms. The Balaban J connectivity index is 2.19. The van der Waals surface area contributed by atoms with E-state index in [1.54, 1.807) is 12.1 Å². The maximum Gasteiger partial charge on any atom is 0.272 e. The first kappa shape index (κ1) is 14.0. The number of hydrogen-bond donors (Lipinski definition) is 1. The van der Waals surface area contributed by atoms with Gasteiger partial charge in [0, 0.05) is 17.7 Å². The van der Waals surface area contributed by atoms with Gasteiger partial charge in [-0.15, -0.1) is 0 Å². The van der Waals surface area contributed by atoms with E-state index in [9.17, 15) is 10.1 Å². The summed E-state index contributed by atoms with van der Waals surface area (Å²) in [5, 5.41) is 14.7. The number of benzene rings is 1. The molecule has 1 aromatic rings. The number of nitrogens with one attached hydrogen (secondary N) is 1. The van der Waals surface area contributed by atoms with Gasteiger partial charge in [0.2, 0.25) is 0 Å². The number of nitro benzene ring substituents is 1. The van der Waals surface area contributed by atoms with Crippen molar-refractivity contribution >= 4 is 5.69 Å². The average molecular weight is 262 g/mol. The molecule has 2 unspecified atom stereocenters. The van der Waals surface area contributed by atoms with Gasteiger partial charge in [-0.2, -0.15) is 0 Å². The number of para-hydroxylation sites is 1. The number of nitrogens with zero attached hydrogens (tertiary/aromatic N) is 1. The van der Waals surface area contributed by atoms with E-state index in [1.807, 2.05) is 12.1 Å². The topological polar surface area (TPSA) is 55.2 Å². The molecule has 1 aliphatic rings.